The van der Waals surface area contributed by atoms with Crippen LogP contribution in [0, 0.1) is 5.82 Å². The van der Waals surface area contributed by atoms with Gasteiger partial charge in [0.25, 0.3) is 0 Å². The van der Waals surface area contributed by atoms with Crippen molar-refractivity contribution in [2.75, 3.05) is 13.2 Å². The molecule has 3 aromatic rings. The Kier molecular flexibility index (Phi) is 6.35. The lowest BCUT2D eigenvalue weighted by Crippen LogP contribution is -2.26. The Morgan fingerprint density at radius 1 is 1.23 bits per heavy atom. The molecule has 1 aliphatic rings. The lowest BCUT2D eigenvalue weighted by molar-refractivity contribution is 0.184. The standard InChI is InChI=1S/C22H24FN3O4S/c1-16(25-31(27,28)22-12-24-26(13-22)20-10-11-29-15-20)18-4-8-21(9-5-18)30-14-17-2-6-19(23)7-3-17/h2-9,12-13,16,20,25H,10-11,14-15H2,1H3. The molecule has 1 aliphatic heterocycles. The van der Waals surface area contributed by atoms with Gasteiger partial charge in [-0.1, -0.05) is 24.3 Å². The van der Waals surface area contributed by atoms with Gasteiger partial charge in [-0.15, -0.1) is 0 Å². The minimum Gasteiger partial charge on any atom is -0.489 e. The van der Waals surface area contributed by atoms with Crippen molar-refractivity contribution in [2.45, 2.75) is 36.9 Å². The molecule has 1 N–H and O–H groups in total. The monoisotopic (exact) mass is 445 g/mol. The smallest absolute Gasteiger partial charge is 0.244 e. The van der Waals surface area contributed by atoms with E-state index in [2.05, 4.69) is 9.82 Å². The zero-order chi connectivity index (χ0) is 21.8. The Bertz CT molecular complexity index is 1110. The summed E-state index contributed by atoms with van der Waals surface area (Å²) in [6.07, 6.45) is 3.72. The van der Waals surface area contributed by atoms with Crippen LogP contribution in [0.4, 0.5) is 4.39 Å². The number of nitrogens with one attached hydrogen (secondary N) is 1. The van der Waals surface area contributed by atoms with Crippen molar-refractivity contribution in [3.05, 3.63) is 77.9 Å². The Labute approximate surface area is 180 Å². The van der Waals surface area contributed by atoms with Crippen molar-refractivity contribution in [1.82, 2.24) is 14.5 Å². The van der Waals surface area contributed by atoms with E-state index >= 15 is 0 Å². The molecule has 2 heterocycles. The predicted octanol–water partition coefficient (Wildman–Crippen LogP) is 3.60. The number of nitrogens with zero attached hydrogens (tertiary/aromatic N) is 2. The fourth-order valence-electron chi connectivity index (χ4n) is 3.36. The van der Waals surface area contributed by atoms with Gasteiger partial charge in [0.05, 0.1) is 18.8 Å². The third kappa shape index (κ3) is 5.30. The van der Waals surface area contributed by atoms with E-state index in [-0.39, 0.29) is 16.8 Å². The molecule has 2 unspecified atom stereocenters. The van der Waals surface area contributed by atoms with E-state index in [1.807, 2.05) is 12.1 Å². The van der Waals surface area contributed by atoms with E-state index in [0.717, 1.165) is 17.5 Å². The van der Waals surface area contributed by atoms with Crippen molar-refractivity contribution >= 4 is 10.0 Å². The molecule has 1 aromatic heterocycles. The zero-order valence-electron chi connectivity index (χ0n) is 17.1. The first-order chi connectivity index (χ1) is 14.9. The normalized spacial score (nSPS) is 17.5. The molecular formula is C22H24FN3O4S. The molecule has 0 radical (unpaired) electrons. The Morgan fingerprint density at radius 2 is 1.97 bits per heavy atom. The average molecular weight is 446 g/mol. The second kappa shape index (κ2) is 9.17. The minimum atomic E-state index is -3.71. The van der Waals surface area contributed by atoms with Gasteiger partial charge >= 0.3 is 0 Å². The highest BCUT2D eigenvalue weighted by Gasteiger charge is 2.24. The summed E-state index contributed by atoms with van der Waals surface area (Å²) in [6, 6.07) is 12.9. The van der Waals surface area contributed by atoms with E-state index in [0.29, 0.717) is 25.6 Å². The summed E-state index contributed by atoms with van der Waals surface area (Å²) < 4.78 is 53.8. The number of benzene rings is 2. The van der Waals surface area contributed by atoms with Crippen LogP contribution in [0.5, 0.6) is 5.75 Å². The fourth-order valence-corrected chi connectivity index (χ4v) is 4.53. The van der Waals surface area contributed by atoms with Gasteiger partial charge in [-0.25, -0.2) is 17.5 Å². The zero-order valence-corrected chi connectivity index (χ0v) is 17.9. The van der Waals surface area contributed by atoms with Crippen LogP contribution in [0.3, 0.4) is 0 Å². The van der Waals surface area contributed by atoms with Crippen LogP contribution in [-0.4, -0.2) is 31.4 Å². The molecule has 2 aromatic carbocycles. The van der Waals surface area contributed by atoms with Gasteiger partial charge in [-0.2, -0.15) is 5.10 Å². The summed E-state index contributed by atoms with van der Waals surface area (Å²) >= 11 is 0. The third-order valence-corrected chi connectivity index (χ3v) is 6.69. The maximum atomic E-state index is 13.0. The lowest BCUT2D eigenvalue weighted by atomic mass is 10.1. The largest absolute Gasteiger partial charge is 0.489 e. The van der Waals surface area contributed by atoms with Gasteiger partial charge < -0.3 is 9.47 Å². The molecule has 0 aliphatic carbocycles. The van der Waals surface area contributed by atoms with Crippen LogP contribution in [-0.2, 0) is 21.4 Å². The van der Waals surface area contributed by atoms with Gasteiger partial charge in [0.15, 0.2) is 0 Å². The molecular weight excluding hydrogens is 421 g/mol. The lowest BCUT2D eigenvalue weighted by Gasteiger charge is -2.15. The Morgan fingerprint density at radius 3 is 2.65 bits per heavy atom. The van der Waals surface area contributed by atoms with Gasteiger partial charge in [0, 0.05) is 18.8 Å². The predicted molar refractivity (Wildman–Crippen MR) is 113 cm³/mol. The molecule has 31 heavy (non-hydrogen) atoms. The maximum absolute atomic E-state index is 13.0. The van der Waals surface area contributed by atoms with Crippen molar-refractivity contribution in [2.24, 2.45) is 0 Å². The average Bonchev–Trinajstić information content (AvgIpc) is 3.45. The van der Waals surface area contributed by atoms with Crippen molar-refractivity contribution in [1.29, 1.82) is 0 Å². The number of halogens is 1. The van der Waals surface area contributed by atoms with Crippen molar-refractivity contribution in [3.8, 4) is 5.75 Å². The van der Waals surface area contributed by atoms with Gasteiger partial charge in [0.2, 0.25) is 10.0 Å². The number of rotatable bonds is 8. The molecule has 2 atom stereocenters. The summed E-state index contributed by atoms with van der Waals surface area (Å²) in [7, 11) is -3.71. The number of ether oxygens (including phenoxy) is 2. The molecule has 0 bridgehead atoms. The van der Waals surface area contributed by atoms with E-state index in [4.69, 9.17) is 9.47 Å². The van der Waals surface area contributed by atoms with Crippen LogP contribution in [0.15, 0.2) is 65.8 Å². The molecule has 7 nitrogen and oxygen atoms in total. The number of sulfonamides is 1. The molecule has 0 saturated carbocycles. The minimum absolute atomic E-state index is 0.0730. The Balaban J connectivity index is 1.36. The molecule has 1 saturated heterocycles. The molecule has 164 valence electrons. The fraction of sp³-hybridized carbons (Fsp3) is 0.318. The van der Waals surface area contributed by atoms with Crippen LogP contribution in [0.25, 0.3) is 0 Å². The highest BCUT2D eigenvalue weighted by Crippen LogP contribution is 2.23. The molecule has 0 amide bonds. The van der Waals surface area contributed by atoms with E-state index in [9.17, 15) is 12.8 Å². The van der Waals surface area contributed by atoms with Crippen LogP contribution in [0.2, 0.25) is 0 Å². The SMILES string of the molecule is CC(NS(=O)(=O)c1cnn(C2CCOC2)c1)c1ccc(OCc2ccc(F)cc2)cc1. The molecule has 0 spiro atoms. The highest BCUT2D eigenvalue weighted by molar-refractivity contribution is 7.89. The first-order valence-electron chi connectivity index (χ1n) is 10.0. The number of hydrogen-bond acceptors (Lipinski definition) is 5. The van der Waals surface area contributed by atoms with Crippen LogP contribution < -0.4 is 9.46 Å². The summed E-state index contributed by atoms with van der Waals surface area (Å²) in [5.41, 5.74) is 1.66. The molecule has 9 heteroatoms. The number of hydrogen-bond donors (Lipinski definition) is 1. The first kappa shape index (κ1) is 21.5. The van der Waals surface area contributed by atoms with Gasteiger partial charge in [-0.3, -0.25) is 4.68 Å². The first-order valence-corrected chi connectivity index (χ1v) is 11.5. The molecule has 1 fully saturated rings. The van der Waals surface area contributed by atoms with Gasteiger partial charge in [-0.05, 0) is 48.7 Å². The second-order valence-electron chi connectivity index (χ2n) is 7.50. The Hall–Kier alpha value is -2.75. The van der Waals surface area contributed by atoms with E-state index in [1.165, 1.54) is 18.3 Å². The van der Waals surface area contributed by atoms with E-state index in [1.54, 1.807) is 42.1 Å². The second-order valence-corrected chi connectivity index (χ2v) is 9.21. The number of aromatic nitrogens is 2. The quantitative estimate of drug-likeness (QED) is 0.573. The summed E-state index contributed by atoms with van der Waals surface area (Å²) in [5, 5.41) is 4.19. The molecule has 4 rings (SSSR count). The van der Waals surface area contributed by atoms with Crippen molar-refractivity contribution in [3.63, 3.8) is 0 Å². The topological polar surface area (TPSA) is 82.5 Å². The van der Waals surface area contributed by atoms with Crippen LogP contribution in [0.1, 0.15) is 36.6 Å². The van der Waals surface area contributed by atoms with Gasteiger partial charge in [0.1, 0.15) is 23.1 Å². The summed E-state index contributed by atoms with van der Waals surface area (Å²) in [6.45, 7) is 3.30. The summed E-state index contributed by atoms with van der Waals surface area (Å²) in [5.74, 6) is 0.354. The third-order valence-electron chi connectivity index (χ3n) is 5.20. The van der Waals surface area contributed by atoms with E-state index < -0.39 is 16.1 Å². The maximum Gasteiger partial charge on any atom is 0.244 e. The highest BCUT2D eigenvalue weighted by atomic mass is 32.2. The summed E-state index contributed by atoms with van der Waals surface area (Å²) in [4.78, 5) is 0.130. The van der Waals surface area contributed by atoms with Crippen LogP contribution >= 0.6 is 0 Å². The van der Waals surface area contributed by atoms with Crippen molar-refractivity contribution < 1.29 is 22.3 Å².